The predicted octanol–water partition coefficient (Wildman–Crippen LogP) is 3.22. The van der Waals surface area contributed by atoms with E-state index in [0.717, 1.165) is 11.1 Å². The van der Waals surface area contributed by atoms with E-state index in [-0.39, 0.29) is 5.91 Å². The van der Waals surface area contributed by atoms with Gasteiger partial charge in [0.15, 0.2) is 0 Å². The molecule has 5 nitrogen and oxygen atoms in total. The second-order valence-corrected chi connectivity index (χ2v) is 7.81. The highest BCUT2D eigenvalue weighted by Crippen LogP contribution is 2.27. The first kappa shape index (κ1) is 17.8. The lowest BCUT2D eigenvalue weighted by atomic mass is 10.1. The summed E-state index contributed by atoms with van der Waals surface area (Å²) in [5.74, 6) is 0.499. The molecule has 0 saturated heterocycles. The number of rotatable bonds is 7. The minimum atomic E-state index is 0.0576. The minimum Gasteiger partial charge on any atom is -0.351 e. The van der Waals surface area contributed by atoms with Crippen LogP contribution in [0.5, 0.6) is 0 Å². The van der Waals surface area contributed by atoms with Gasteiger partial charge in [0.2, 0.25) is 5.91 Å². The zero-order valence-electron chi connectivity index (χ0n) is 15.1. The van der Waals surface area contributed by atoms with Crippen LogP contribution in [0.4, 0.5) is 0 Å². The number of nitrogens with zero attached hydrogens (tertiary/aromatic N) is 3. The monoisotopic (exact) mass is 378 g/mol. The van der Waals surface area contributed by atoms with Crippen molar-refractivity contribution >= 4 is 17.7 Å². The molecule has 0 unspecified atom stereocenters. The van der Waals surface area contributed by atoms with E-state index in [0.29, 0.717) is 18.8 Å². The third kappa shape index (κ3) is 4.77. The van der Waals surface area contributed by atoms with Crippen LogP contribution in [-0.4, -0.2) is 26.4 Å². The molecule has 0 spiro atoms. The van der Waals surface area contributed by atoms with Crippen molar-refractivity contribution in [2.45, 2.75) is 37.2 Å². The number of hydrogen-bond acceptors (Lipinski definition) is 4. The number of fused-ring (bicyclic) bond motifs is 1. The zero-order valence-corrected chi connectivity index (χ0v) is 15.9. The molecule has 1 aromatic heterocycles. The van der Waals surface area contributed by atoms with E-state index in [1.54, 1.807) is 22.8 Å². The van der Waals surface area contributed by atoms with Crippen molar-refractivity contribution in [1.29, 1.82) is 0 Å². The summed E-state index contributed by atoms with van der Waals surface area (Å²) in [6.07, 6.45) is 6.84. The molecule has 27 heavy (non-hydrogen) atoms. The van der Waals surface area contributed by atoms with Gasteiger partial charge in [-0.25, -0.2) is 9.67 Å². The summed E-state index contributed by atoms with van der Waals surface area (Å²) in [4.78, 5) is 17.3. The number of benzene rings is 2. The van der Waals surface area contributed by atoms with Crippen molar-refractivity contribution in [3.05, 3.63) is 77.4 Å². The fraction of sp³-hybridized carbons (Fsp3) is 0.286. The summed E-state index contributed by atoms with van der Waals surface area (Å²) >= 11 is 1.61. The van der Waals surface area contributed by atoms with Crippen LogP contribution in [0.2, 0.25) is 0 Å². The molecular weight excluding hydrogens is 356 g/mol. The van der Waals surface area contributed by atoms with Gasteiger partial charge in [-0.2, -0.15) is 5.10 Å². The van der Waals surface area contributed by atoms with E-state index >= 15 is 0 Å². The molecule has 1 amide bonds. The summed E-state index contributed by atoms with van der Waals surface area (Å²) < 4.78 is 1.78. The van der Waals surface area contributed by atoms with Gasteiger partial charge in [0.25, 0.3) is 0 Å². The molecule has 0 bridgehead atoms. The van der Waals surface area contributed by atoms with Gasteiger partial charge < -0.3 is 5.32 Å². The fourth-order valence-electron chi connectivity index (χ4n) is 3.38. The van der Waals surface area contributed by atoms with Crippen molar-refractivity contribution in [1.82, 2.24) is 20.1 Å². The SMILES string of the molecule is O=C(CSc1ccc2c(c1)CCC2)NCc1cccc(Cn2cncn2)c1. The van der Waals surface area contributed by atoms with Gasteiger partial charge in [0.05, 0.1) is 12.3 Å². The molecule has 1 heterocycles. The average Bonchev–Trinajstić information content (AvgIpc) is 3.36. The van der Waals surface area contributed by atoms with Gasteiger partial charge in [-0.1, -0.05) is 30.3 Å². The largest absolute Gasteiger partial charge is 0.351 e. The maximum absolute atomic E-state index is 12.2. The highest BCUT2D eigenvalue weighted by atomic mass is 32.2. The van der Waals surface area contributed by atoms with E-state index in [4.69, 9.17) is 0 Å². The molecule has 0 aliphatic heterocycles. The third-order valence-corrected chi connectivity index (χ3v) is 5.73. The molecule has 6 heteroatoms. The lowest BCUT2D eigenvalue weighted by Gasteiger charge is -2.08. The van der Waals surface area contributed by atoms with Crippen LogP contribution in [0.25, 0.3) is 0 Å². The van der Waals surface area contributed by atoms with Crippen molar-refractivity contribution in [3.63, 3.8) is 0 Å². The van der Waals surface area contributed by atoms with Crippen LogP contribution in [-0.2, 0) is 30.7 Å². The molecule has 0 saturated carbocycles. The number of aryl methyl sites for hydroxylation is 2. The van der Waals surface area contributed by atoms with Gasteiger partial charge >= 0.3 is 0 Å². The lowest BCUT2D eigenvalue weighted by molar-refractivity contribution is -0.118. The molecule has 0 atom stereocenters. The first-order valence-corrected chi connectivity index (χ1v) is 10.2. The molecule has 138 valence electrons. The third-order valence-electron chi connectivity index (χ3n) is 4.73. The van der Waals surface area contributed by atoms with E-state index in [1.165, 1.54) is 41.6 Å². The van der Waals surface area contributed by atoms with Crippen molar-refractivity contribution in [2.75, 3.05) is 5.75 Å². The Morgan fingerprint density at radius 2 is 2.00 bits per heavy atom. The molecule has 1 aliphatic carbocycles. The highest BCUT2D eigenvalue weighted by molar-refractivity contribution is 8.00. The fourth-order valence-corrected chi connectivity index (χ4v) is 4.17. The standard InChI is InChI=1S/C21H22N4OS/c26-21(13-27-20-8-7-18-5-2-6-19(18)10-20)23-11-16-3-1-4-17(9-16)12-25-15-22-14-24-25/h1,3-4,7-10,14-15H,2,5-6,11-13H2,(H,23,26). The number of nitrogens with one attached hydrogen (secondary N) is 1. The average molecular weight is 379 g/mol. The number of amides is 1. The quantitative estimate of drug-likeness (QED) is 0.641. The summed E-state index contributed by atoms with van der Waals surface area (Å²) in [6.45, 7) is 1.21. The number of carbonyl (C=O) groups excluding carboxylic acids is 1. The Balaban J connectivity index is 1.26. The topological polar surface area (TPSA) is 59.8 Å². The van der Waals surface area contributed by atoms with Crippen LogP contribution >= 0.6 is 11.8 Å². The Bertz CT molecular complexity index is 924. The van der Waals surface area contributed by atoms with Gasteiger partial charge in [0, 0.05) is 11.4 Å². The molecule has 1 N–H and O–H groups in total. The van der Waals surface area contributed by atoms with Gasteiger partial charge in [0.1, 0.15) is 12.7 Å². The Kier molecular flexibility index (Phi) is 5.53. The predicted molar refractivity (Wildman–Crippen MR) is 107 cm³/mol. The highest BCUT2D eigenvalue weighted by Gasteiger charge is 2.11. The summed E-state index contributed by atoms with van der Waals surface area (Å²) in [5.41, 5.74) is 5.14. The Labute approximate surface area is 163 Å². The second kappa shape index (κ2) is 8.39. The van der Waals surface area contributed by atoms with Crippen molar-refractivity contribution in [3.8, 4) is 0 Å². The van der Waals surface area contributed by atoms with Crippen molar-refractivity contribution in [2.24, 2.45) is 0 Å². The maximum atomic E-state index is 12.2. The molecule has 0 fully saturated rings. The van der Waals surface area contributed by atoms with E-state index in [1.807, 2.05) is 12.1 Å². The van der Waals surface area contributed by atoms with E-state index in [2.05, 4.69) is 45.7 Å². The zero-order chi connectivity index (χ0) is 18.5. The van der Waals surface area contributed by atoms with Gasteiger partial charge in [-0.05, 0) is 53.6 Å². The van der Waals surface area contributed by atoms with Crippen LogP contribution in [0, 0.1) is 0 Å². The Morgan fingerprint density at radius 3 is 2.89 bits per heavy atom. The molecule has 4 rings (SSSR count). The first-order chi connectivity index (χ1) is 13.3. The summed E-state index contributed by atoms with van der Waals surface area (Å²) in [6, 6.07) is 14.8. The summed E-state index contributed by atoms with van der Waals surface area (Å²) in [7, 11) is 0. The number of thioether (sulfide) groups is 1. The molecule has 0 radical (unpaired) electrons. The van der Waals surface area contributed by atoms with Gasteiger partial charge in [-0.15, -0.1) is 11.8 Å². The number of hydrogen-bond donors (Lipinski definition) is 1. The van der Waals surface area contributed by atoms with Gasteiger partial charge in [-0.3, -0.25) is 4.79 Å². The second-order valence-electron chi connectivity index (χ2n) is 6.76. The number of aromatic nitrogens is 3. The van der Waals surface area contributed by atoms with Crippen LogP contribution in [0.3, 0.4) is 0 Å². The number of carbonyl (C=O) groups is 1. The molecule has 1 aliphatic rings. The van der Waals surface area contributed by atoms with Crippen LogP contribution in [0.1, 0.15) is 28.7 Å². The van der Waals surface area contributed by atoms with Crippen LogP contribution in [0.15, 0.2) is 60.0 Å². The van der Waals surface area contributed by atoms with Crippen molar-refractivity contribution < 1.29 is 4.79 Å². The Morgan fingerprint density at radius 1 is 1.11 bits per heavy atom. The molecular formula is C21H22N4OS. The summed E-state index contributed by atoms with van der Waals surface area (Å²) in [5, 5.41) is 7.14. The Hall–Kier alpha value is -2.60. The normalized spacial score (nSPS) is 12.7. The van der Waals surface area contributed by atoms with E-state index in [9.17, 15) is 4.79 Å². The van der Waals surface area contributed by atoms with Crippen LogP contribution < -0.4 is 5.32 Å². The molecule has 3 aromatic rings. The maximum Gasteiger partial charge on any atom is 0.230 e. The first-order valence-electron chi connectivity index (χ1n) is 9.18. The van der Waals surface area contributed by atoms with E-state index < -0.39 is 0 Å². The lowest BCUT2D eigenvalue weighted by Crippen LogP contribution is -2.24. The minimum absolute atomic E-state index is 0.0576. The smallest absolute Gasteiger partial charge is 0.230 e. The molecule has 2 aromatic carbocycles.